The second-order valence-electron chi connectivity index (χ2n) is 15.7. The van der Waals surface area contributed by atoms with Crippen molar-refractivity contribution < 1.29 is 4.42 Å². The van der Waals surface area contributed by atoms with E-state index in [4.69, 9.17) is 4.42 Å². The Morgan fingerprint density at radius 1 is 0.500 bits per heavy atom. The Morgan fingerprint density at radius 3 is 1.93 bits per heavy atom. The maximum atomic E-state index is 6.41. The van der Waals surface area contributed by atoms with Gasteiger partial charge in [0.15, 0.2) is 0 Å². The number of anilines is 1. The SMILES string of the molecule is C=c1ccc2ccccc2/c1=C/C=C/N(C1=C(c2ccc3oc4cc5ccccc5cc4c3c2)C=CCC1)c1ccc(-c2ccc(-c3cccc4ccccc34)cc2)cc1. The predicted octanol–water partition coefficient (Wildman–Crippen LogP) is 14.4. The highest BCUT2D eigenvalue weighted by molar-refractivity contribution is 6.11. The van der Waals surface area contributed by atoms with Crippen molar-refractivity contribution in [2.24, 2.45) is 0 Å². The number of hydrogen-bond acceptors (Lipinski definition) is 2. The van der Waals surface area contributed by atoms with E-state index in [9.17, 15) is 0 Å². The average Bonchev–Trinajstić information content (AvgIpc) is 3.66. The van der Waals surface area contributed by atoms with Crippen molar-refractivity contribution in [3.8, 4) is 22.3 Å². The lowest BCUT2D eigenvalue weighted by Crippen LogP contribution is -2.23. The molecule has 2 heteroatoms. The van der Waals surface area contributed by atoms with E-state index in [1.54, 1.807) is 0 Å². The summed E-state index contributed by atoms with van der Waals surface area (Å²) in [5, 5.41) is 11.7. The minimum absolute atomic E-state index is 0.900. The molecule has 1 aliphatic rings. The fourth-order valence-electron chi connectivity index (χ4n) is 9.02. The molecule has 284 valence electrons. The van der Waals surface area contributed by atoms with Gasteiger partial charge in [0.05, 0.1) is 0 Å². The molecule has 0 atom stereocenters. The fraction of sp³-hybridized carbons (Fsp3) is 0.0345. The molecule has 1 aromatic heterocycles. The largest absolute Gasteiger partial charge is 0.456 e. The van der Waals surface area contributed by atoms with E-state index in [1.165, 1.54) is 71.4 Å². The molecule has 1 heterocycles. The first-order valence-corrected chi connectivity index (χ1v) is 20.7. The lowest BCUT2D eigenvalue weighted by molar-refractivity contribution is 0.669. The lowest BCUT2D eigenvalue weighted by atomic mass is 9.94. The summed E-state index contributed by atoms with van der Waals surface area (Å²) < 4.78 is 6.41. The normalized spacial score (nSPS) is 13.5. The van der Waals surface area contributed by atoms with Gasteiger partial charge in [-0.15, -0.1) is 0 Å². The van der Waals surface area contributed by atoms with Crippen LogP contribution in [0.25, 0.3) is 94.7 Å². The molecule has 0 unspecified atom stereocenters. The molecule has 0 fully saturated rings. The number of allylic oxidation sites excluding steroid dienone is 5. The highest BCUT2D eigenvalue weighted by Gasteiger charge is 2.19. The van der Waals surface area contributed by atoms with Crippen LogP contribution in [0.3, 0.4) is 0 Å². The van der Waals surface area contributed by atoms with E-state index in [0.717, 1.165) is 50.9 Å². The van der Waals surface area contributed by atoms with E-state index in [0.29, 0.717) is 0 Å². The molecule has 9 aromatic carbocycles. The first-order chi connectivity index (χ1) is 29.6. The average molecular weight is 768 g/mol. The fourth-order valence-corrected chi connectivity index (χ4v) is 9.02. The van der Waals surface area contributed by atoms with Gasteiger partial charge in [0.25, 0.3) is 0 Å². The van der Waals surface area contributed by atoms with Gasteiger partial charge in [-0.3, -0.25) is 0 Å². The molecular weight excluding hydrogens is 727 g/mol. The lowest BCUT2D eigenvalue weighted by Gasteiger charge is -2.28. The van der Waals surface area contributed by atoms with Crippen LogP contribution in [0.2, 0.25) is 0 Å². The van der Waals surface area contributed by atoms with Crippen molar-refractivity contribution in [2.45, 2.75) is 12.8 Å². The Bertz CT molecular complexity index is 3490. The van der Waals surface area contributed by atoms with Gasteiger partial charge >= 0.3 is 0 Å². The van der Waals surface area contributed by atoms with E-state index >= 15 is 0 Å². The molecule has 1 aliphatic carbocycles. The Hall–Kier alpha value is -7.68. The van der Waals surface area contributed by atoms with Crippen molar-refractivity contribution in [3.63, 3.8) is 0 Å². The zero-order valence-electron chi connectivity index (χ0n) is 33.2. The maximum absolute atomic E-state index is 6.41. The Kier molecular flexibility index (Phi) is 8.82. The molecule has 11 rings (SSSR count). The Balaban J connectivity index is 1.01. The van der Waals surface area contributed by atoms with Crippen LogP contribution in [0.4, 0.5) is 5.69 Å². The molecule has 0 N–H and O–H groups in total. The third-order valence-electron chi connectivity index (χ3n) is 12.1. The van der Waals surface area contributed by atoms with Gasteiger partial charge in [0.2, 0.25) is 0 Å². The van der Waals surface area contributed by atoms with Crippen LogP contribution >= 0.6 is 0 Å². The second-order valence-corrected chi connectivity index (χ2v) is 15.7. The van der Waals surface area contributed by atoms with Crippen molar-refractivity contribution in [1.82, 2.24) is 0 Å². The Labute approximate surface area is 349 Å². The molecule has 60 heavy (non-hydrogen) atoms. The molecule has 0 radical (unpaired) electrons. The zero-order chi connectivity index (χ0) is 40.0. The number of nitrogens with zero attached hydrogens (tertiary/aromatic N) is 1. The summed E-state index contributed by atoms with van der Waals surface area (Å²) in [5.74, 6) is 0. The summed E-state index contributed by atoms with van der Waals surface area (Å²) in [6, 6.07) is 65.5. The smallest absolute Gasteiger partial charge is 0.136 e. The van der Waals surface area contributed by atoms with Gasteiger partial charge in [-0.05, 0) is 126 Å². The van der Waals surface area contributed by atoms with Crippen molar-refractivity contribution >= 4 is 78.2 Å². The molecular formula is C58H41NO. The van der Waals surface area contributed by atoms with Crippen molar-refractivity contribution in [1.29, 1.82) is 0 Å². The van der Waals surface area contributed by atoms with Gasteiger partial charge in [-0.2, -0.15) is 0 Å². The van der Waals surface area contributed by atoms with E-state index in [2.05, 4.69) is 224 Å². The van der Waals surface area contributed by atoms with E-state index in [-0.39, 0.29) is 0 Å². The van der Waals surface area contributed by atoms with Gasteiger partial charge < -0.3 is 9.32 Å². The number of furan rings is 1. The maximum Gasteiger partial charge on any atom is 0.136 e. The number of benzene rings is 9. The van der Waals surface area contributed by atoms with Gasteiger partial charge in [-0.1, -0.05) is 170 Å². The van der Waals surface area contributed by atoms with Gasteiger partial charge in [0, 0.05) is 33.9 Å². The van der Waals surface area contributed by atoms with Crippen LogP contribution in [0.1, 0.15) is 18.4 Å². The third-order valence-corrected chi connectivity index (χ3v) is 12.1. The Morgan fingerprint density at radius 2 is 1.13 bits per heavy atom. The summed E-state index contributed by atoms with van der Waals surface area (Å²) in [6.45, 7) is 4.40. The van der Waals surface area contributed by atoms with Crippen molar-refractivity contribution in [2.75, 3.05) is 4.90 Å². The van der Waals surface area contributed by atoms with Gasteiger partial charge in [0.1, 0.15) is 11.2 Å². The first kappa shape index (κ1) is 35.5. The van der Waals surface area contributed by atoms with Gasteiger partial charge in [-0.25, -0.2) is 0 Å². The minimum Gasteiger partial charge on any atom is -0.456 e. The zero-order valence-corrected chi connectivity index (χ0v) is 33.2. The van der Waals surface area contributed by atoms with Crippen LogP contribution in [-0.4, -0.2) is 0 Å². The quantitative estimate of drug-likeness (QED) is 0.161. The highest BCUT2D eigenvalue weighted by atomic mass is 16.3. The second kappa shape index (κ2) is 14.9. The number of fused-ring (bicyclic) bond motifs is 6. The molecule has 0 aliphatic heterocycles. The summed E-state index contributed by atoms with van der Waals surface area (Å²) in [4.78, 5) is 2.38. The van der Waals surface area contributed by atoms with Crippen LogP contribution in [0.15, 0.2) is 217 Å². The van der Waals surface area contributed by atoms with Crippen LogP contribution in [0, 0.1) is 0 Å². The third kappa shape index (κ3) is 6.40. The standard InChI is InChI=1S/C58H41NO/c1-39-23-24-43-13-5-6-17-50(43)49(39)21-11-35-59(48-32-29-41(30-33-48)40-25-27-44(28-26-40)52-20-10-16-42-12-4-7-18-51(42)52)56-22-9-8-19-53(56)47-31-34-57-54(37-47)55-36-45-14-2-3-15-46(45)38-58(55)60-57/h2-8,10-21,23-38H,1,9,22H2/b35-11+,49-21+. The molecule has 0 saturated heterocycles. The minimum atomic E-state index is 0.900. The van der Waals surface area contributed by atoms with Crippen LogP contribution in [0.5, 0.6) is 0 Å². The number of hydrogen-bond donors (Lipinski definition) is 0. The monoisotopic (exact) mass is 767 g/mol. The highest BCUT2D eigenvalue weighted by Crippen LogP contribution is 2.39. The van der Waals surface area contributed by atoms with Crippen LogP contribution < -0.4 is 15.3 Å². The summed E-state index contributed by atoms with van der Waals surface area (Å²) in [6.07, 6.45) is 13.1. The summed E-state index contributed by atoms with van der Waals surface area (Å²) in [7, 11) is 0. The molecule has 0 bridgehead atoms. The number of rotatable bonds is 7. The van der Waals surface area contributed by atoms with Crippen LogP contribution in [-0.2, 0) is 0 Å². The summed E-state index contributed by atoms with van der Waals surface area (Å²) in [5.41, 5.74) is 11.4. The molecule has 0 saturated carbocycles. The summed E-state index contributed by atoms with van der Waals surface area (Å²) >= 11 is 0. The topological polar surface area (TPSA) is 16.4 Å². The van der Waals surface area contributed by atoms with E-state index < -0.39 is 0 Å². The molecule has 0 amide bonds. The molecule has 0 spiro atoms. The first-order valence-electron chi connectivity index (χ1n) is 20.7. The van der Waals surface area contributed by atoms with E-state index in [1.807, 2.05) is 0 Å². The molecule has 2 nitrogen and oxygen atoms in total. The van der Waals surface area contributed by atoms with Crippen molar-refractivity contribution in [3.05, 3.63) is 228 Å². The molecule has 10 aromatic rings. The predicted molar refractivity (Wildman–Crippen MR) is 256 cm³/mol.